The summed E-state index contributed by atoms with van der Waals surface area (Å²) >= 11 is 0. The summed E-state index contributed by atoms with van der Waals surface area (Å²) in [5.74, 6) is 4.01. The lowest BCUT2D eigenvalue weighted by Gasteiger charge is -2.59. The number of piperidine rings is 2. The summed E-state index contributed by atoms with van der Waals surface area (Å²) in [6.45, 7) is 1.33. The summed E-state index contributed by atoms with van der Waals surface area (Å²) in [6, 6.07) is 3.32. The number of rotatable bonds is 4. The third-order valence-corrected chi connectivity index (χ3v) is 10.9. The van der Waals surface area contributed by atoms with E-state index in [0.29, 0.717) is 35.4 Å². The van der Waals surface area contributed by atoms with Crippen LogP contribution in [0.5, 0.6) is 0 Å². The van der Waals surface area contributed by atoms with E-state index < -0.39 is 6.04 Å². The molecule has 0 spiro atoms. The first-order chi connectivity index (χ1) is 15.0. The molecule has 0 aromatic carbocycles. The number of fused-ring (bicyclic) bond motifs is 3. The van der Waals surface area contributed by atoms with Gasteiger partial charge in [-0.2, -0.15) is 5.26 Å². The van der Waals surface area contributed by atoms with Gasteiger partial charge >= 0.3 is 0 Å². The predicted octanol–water partition coefficient (Wildman–Crippen LogP) is 3.29. The third-order valence-electron chi connectivity index (χ3n) is 10.9. The van der Waals surface area contributed by atoms with Crippen molar-refractivity contribution in [3.05, 3.63) is 0 Å². The zero-order valence-corrected chi connectivity index (χ0v) is 18.8. The van der Waals surface area contributed by atoms with Crippen LogP contribution in [0.2, 0.25) is 0 Å². The number of likely N-dealkylation sites (tertiary alicyclic amines) is 1. The number of amides is 1. The van der Waals surface area contributed by atoms with E-state index in [-0.39, 0.29) is 11.9 Å². The van der Waals surface area contributed by atoms with Crippen molar-refractivity contribution in [2.24, 2.45) is 40.7 Å². The molecule has 8 aliphatic rings. The number of carbonyl (C=O) groups is 1. The van der Waals surface area contributed by atoms with Crippen LogP contribution in [0.3, 0.4) is 0 Å². The van der Waals surface area contributed by atoms with Gasteiger partial charge in [-0.3, -0.25) is 9.69 Å². The minimum absolute atomic E-state index is 0.0792. The van der Waals surface area contributed by atoms with Crippen molar-refractivity contribution in [2.75, 3.05) is 6.54 Å². The molecule has 5 aliphatic carbocycles. The maximum Gasteiger partial charge on any atom is 0.241 e. The van der Waals surface area contributed by atoms with Gasteiger partial charge in [0.15, 0.2) is 0 Å². The van der Waals surface area contributed by atoms with Crippen LogP contribution in [0.1, 0.15) is 77.0 Å². The fourth-order valence-electron chi connectivity index (χ4n) is 10.0. The molecule has 3 saturated heterocycles. The van der Waals surface area contributed by atoms with E-state index >= 15 is 0 Å². The SMILES string of the molecule is N#CC1CC2CC2N1C(=O)[C@@H](N)C1CC2CC[C@@H](C1)N2CC12CC3CC(CC(C3)C1)C2. The van der Waals surface area contributed by atoms with Crippen LogP contribution < -0.4 is 5.73 Å². The Morgan fingerprint density at radius 1 is 0.968 bits per heavy atom. The summed E-state index contributed by atoms with van der Waals surface area (Å²) < 4.78 is 0. The smallest absolute Gasteiger partial charge is 0.241 e. The maximum atomic E-state index is 13.3. The van der Waals surface area contributed by atoms with Crippen LogP contribution in [0.15, 0.2) is 0 Å². The Morgan fingerprint density at radius 2 is 1.58 bits per heavy atom. The molecule has 7 atom stereocenters. The molecule has 0 aromatic heterocycles. The summed E-state index contributed by atoms with van der Waals surface area (Å²) in [7, 11) is 0. The van der Waals surface area contributed by atoms with Crippen molar-refractivity contribution < 1.29 is 4.79 Å². The second-order valence-electron chi connectivity index (χ2n) is 12.9. The lowest BCUT2D eigenvalue weighted by Crippen LogP contribution is -2.57. The van der Waals surface area contributed by atoms with E-state index in [2.05, 4.69) is 11.0 Å². The Bertz CT molecular complexity index is 769. The van der Waals surface area contributed by atoms with E-state index in [1.807, 2.05) is 4.90 Å². The Balaban J connectivity index is 1.04. The van der Waals surface area contributed by atoms with Gasteiger partial charge in [-0.05, 0) is 112 Å². The van der Waals surface area contributed by atoms with Crippen molar-refractivity contribution in [1.82, 2.24) is 9.80 Å². The number of nitrogens with zero attached hydrogens (tertiary/aromatic N) is 3. The van der Waals surface area contributed by atoms with Crippen molar-refractivity contribution >= 4 is 5.91 Å². The van der Waals surface area contributed by atoms with E-state index in [0.717, 1.165) is 43.4 Å². The zero-order valence-electron chi connectivity index (χ0n) is 18.8. The monoisotopic (exact) mass is 422 g/mol. The molecule has 8 rings (SSSR count). The quantitative estimate of drug-likeness (QED) is 0.754. The van der Waals surface area contributed by atoms with Crippen LogP contribution in [-0.4, -0.2) is 52.5 Å². The van der Waals surface area contributed by atoms with Crippen molar-refractivity contribution in [3.63, 3.8) is 0 Å². The van der Waals surface area contributed by atoms with Crippen molar-refractivity contribution in [2.45, 2.75) is 107 Å². The van der Waals surface area contributed by atoms with Gasteiger partial charge in [-0.1, -0.05) is 0 Å². The maximum absolute atomic E-state index is 13.3. The standard InChI is InChI=1S/C26H38N4O/c27-13-22-6-18-9-23(18)30(22)25(31)24(28)19-7-20-1-2-21(8-19)29(20)14-26-10-15-3-16(11-26)5-17(4-15)12-26/h15-24H,1-12,14,28H2/t15?,16?,17?,18?,19?,20-,21?,22?,23?,24-,26?/m0/s1. The summed E-state index contributed by atoms with van der Waals surface area (Å²) in [4.78, 5) is 18.1. The first-order valence-corrected chi connectivity index (χ1v) is 13.2. The molecule has 2 N–H and O–H groups in total. The number of hydrogen-bond acceptors (Lipinski definition) is 4. The first-order valence-electron chi connectivity index (χ1n) is 13.2. The second-order valence-corrected chi connectivity index (χ2v) is 12.9. The molecule has 1 amide bonds. The third kappa shape index (κ3) is 2.97. The Labute approximate surface area is 186 Å². The lowest BCUT2D eigenvalue weighted by molar-refractivity contribution is -0.136. The normalized spacial score (nSPS) is 52.8. The fraction of sp³-hybridized carbons (Fsp3) is 0.923. The minimum Gasteiger partial charge on any atom is -0.322 e. The van der Waals surface area contributed by atoms with E-state index in [9.17, 15) is 10.1 Å². The van der Waals surface area contributed by atoms with E-state index in [4.69, 9.17) is 5.73 Å². The molecule has 0 radical (unpaired) electrons. The number of hydrogen-bond donors (Lipinski definition) is 1. The largest absolute Gasteiger partial charge is 0.322 e. The average molecular weight is 423 g/mol. The van der Waals surface area contributed by atoms with Crippen LogP contribution in [-0.2, 0) is 4.79 Å². The molecule has 8 fully saturated rings. The van der Waals surface area contributed by atoms with Gasteiger partial charge in [0, 0.05) is 24.7 Å². The molecule has 3 aliphatic heterocycles. The first kappa shape index (κ1) is 19.4. The van der Waals surface area contributed by atoms with E-state index in [1.165, 1.54) is 57.9 Å². The molecule has 0 aromatic rings. The van der Waals surface area contributed by atoms with Crippen molar-refractivity contribution in [3.8, 4) is 6.07 Å². The highest BCUT2D eigenvalue weighted by atomic mass is 16.2. The molecule has 5 nitrogen and oxygen atoms in total. The molecular weight excluding hydrogens is 384 g/mol. The highest BCUT2D eigenvalue weighted by Crippen LogP contribution is 2.61. The van der Waals surface area contributed by atoms with Gasteiger partial charge in [-0.25, -0.2) is 0 Å². The molecule has 6 bridgehead atoms. The van der Waals surface area contributed by atoms with Gasteiger partial charge in [0.25, 0.3) is 0 Å². The number of nitrogens with two attached hydrogens (primary N) is 1. The Morgan fingerprint density at radius 3 is 2.16 bits per heavy atom. The van der Waals surface area contributed by atoms with Gasteiger partial charge in [-0.15, -0.1) is 0 Å². The molecule has 3 heterocycles. The number of nitriles is 1. The average Bonchev–Trinajstić information content (AvgIpc) is 3.35. The van der Waals surface area contributed by atoms with Gasteiger partial charge in [0.2, 0.25) is 5.91 Å². The van der Waals surface area contributed by atoms with Crippen LogP contribution >= 0.6 is 0 Å². The Hall–Kier alpha value is -1.12. The molecule has 5 heteroatoms. The van der Waals surface area contributed by atoms with Gasteiger partial charge in [0.1, 0.15) is 6.04 Å². The fourth-order valence-corrected chi connectivity index (χ4v) is 10.0. The molecule has 5 unspecified atom stereocenters. The number of carbonyl (C=O) groups excluding carboxylic acids is 1. The zero-order chi connectivity index (χ0) is 20.9. The summed E-state index contributed by atoms with van der Waals surface area (Å²) in [5.41, 5.74) is 7.24. The minimum atomic E-state index is -0.403. The molecular formula is C26H38N4O. The highest BCUT2D eigenvalue weighted by Gasteiger charge is 2.57. The van der Waals surface area contributed by atoms with Crippen LogP contribution in [0.25, 0.3) is 0 Å². The van der Waals surface area contributed by atoms with Crippen LogP contribution in [0.4, 0.5) is 0 Å². The van der Waals surface area contributed by atoms with E-state index in [1.54, 1.807) is 0 Å². The lowest BCUT2D eigenvalue weighted by atomic mass is 9.49. The highest BCUT2D eigenvalue weighted by molar-refractivity contribution is 5.84. The second kappa shape index (κ2) is 6.70. The molecule has 168 valence electrons. The predicted molar refractivity (Wildman–Crippen MR) is 118 cm³/mol. The molecule has 5 saturated carbocycles. The molecule has 31 heavy (non-hydrogen) atoms. The topological polar surface area (TPSA) is 73.4 Å². The Kier molecular flexibility index (Phi) is 4.18. The van der Waals surface area contributed by atoms with Crippen molar-refractivity contribution in [1.29, 1.82) is 5.26 Å². The summed E-state index contributed by atoms with van der Waals surface area (Å²) in [5, 5.41) is 9.50. The van der Waals surface area contributed by atoms with Gasteiger partial charge in [0.05, 0.1) is 12.1 Å². The van der Waals surface area contributed by atoms with Gasteiger partial charge < -0.3 is 10.6 Å². The summed E-state index contributed by atoms with van der Waals surface area (Å²) in [6.07, 6.45) is 15.8. The van der Waals surface area contributed by atoms with Crippen LogP contribution in [0, 0.1) is 46.3 Å².